The zero-order valence-corrected chi connectivity index (χ0v) is 16.1. The number of rotatable bonds is 8. The molecule has 0 saturated carbocycles. The van der Waals surface area contributed by atoms with Crippen LogP contribution in [0.3, 0.4) is 0 Å². The van der Waals surface area contributed by atoms with Crippen molar-refractivity contribution in [1.29, 1.82) is 5.26 Å². The number of aromatic carboxylic acids is 2. The maximum Gasteiger partial charge on any atom is 0.342 e. The summed E-state index contributed by atoms with van der Waals surface area (Å²) in [6.45, 7) is 0.222. The first-order valence-corrected chi connectivity index (χ1v) is 8.89. The fourth-order valence-electron chi connectivity index (χ4n) is 2.63. The molecule has 1 heterocycles. The number of nitrogens with two attached hydrogens (primary N) is 1. The third-order valence-electron chi connectivity index (χ3n) is 3.82. The molecular formula is C18H16BrN3O6. The van der Waals surface area contributed by atoms with E-state index in [0.29, 0.717) is 23.7 Å². The van der Waals surface area contributed by atoms with E-state index in [9.17, 15) is 24.6 Å². The predicted octanol–water partition coefficient (Wildman–Crippen LogP) is 2.86. The van der Waals surface area contributed by atoms with E-state index >= 15 is 0 Å². The highest BCUT2D eigenvalue weighted by molar-refractivity contribution is 9.10. The molecule has 0 aliphatic carbocycles. The fraction of sp³-hybridized carbons (Fsp3) is 0.222. The maximum absolute atomic E-state index is 12.2. The summed E-state index contributed by atoms with van der Waals surface area (Å²) in [6, 6.07) is 6.63. The number of nitriles is 1. The number of hydrogen-bond acceptors (Lipinski definition) is 6. The van der Waals surface area contributed by atoms with Gasteiger partial charge >= 0.3 is 11.9 Å². The number of H-pyrrole nitrogens is 1. The first kappa shape index (κ1) is 21.0. The van der Waals surface area contributed by atoms with E-state index in [1.54, 1.807) is 6.07 Å². The van der Waals surface area contributed by atoms with Gasteiger partial charge in [-0.2, -0.15) is 5.26 Å². The normalized spacial score (nSPS) is 10.3. The summed E-state index contributed by atoms with van der Waals surface area (Å²) in [5.74, 6) is -3.36. The Kier molecular flexibility index (Phi) is 6.79. The fourth-order valence-corrected chi connectivity index (χ4v) is 2.99. The second-order valence-corrected chi connectivity index (χ2v) is 6.62. The highest BCUT2D eigenvalue weighted by Crippen LogP contribution is 2.37. The van der Waals surface area contributed by atoms with Crippen LogP contribution >= 0.6 is 15.9 Å². The molecule has 0 amide bonds. The predicted molar refractivity (Wildman–Crippen MR) is 103 cm³/mol. The number of anilines is 1. The van der Waals surface area contributed by atoms with Crippen LogP contribution in [0.5, 0.6) is 5.75 Å². The molecule has 2 rings (SSSR count). The van der Waals surface area contributed by atoms with Gasteiger partial charge in [-0.3, -0.25) is 4.79 Å². The molecule has 0 radical (unpaired) electrons. The summed E-state index contributed by atoms with van der Waals surface area (Å²) in [5.41, 5.74) is 3.11. The van der Waals surface area contributed by atoms with Crippen molar-refractivity contribution < 1.29 is 24.5 Å². The monoisotopic (exact) mass is 449 g/mol. The van der Waals surface area contributed by atoms with Gasteiger partial charge in [0.25, 0.3) is 5.56 Å². The number of nitrogens with one attached hydrogen (secondary N) is 1. The Morgan fingerprint density at radius 2 is 1.89 bits per heavy atom. The third kappa shape index (κ3) is 4.50. The SMILES string of the molecule is N#CCCCCOc1ccc(Br)cc1-c1c(C(=O)O)c(N)[nH]c(=O)c1C(=O)O. The van der Waals surface area contributed by atoms with Crippen LogP contribution in [0, 0.1) is 11.3 Å². The van der Waals surface area contributed by atoms with Gasteiger partial charge in [-0.1, -0.05) is 15.9 Å². The molecule has 0 fully saturated rings. The summed E-state index contributed by atoms with van der Waals surface area (Å²) in [5, 5.41) is 27.6. The number of carbonyl (C=O) groups is 2. The smallest absolute Gasteiger partial charge is 0.342 e. The van der Waals surface area contributed by atoms with Gasteiger partial charge < -0.3 is 25.7 Å². The summed E-state index contributed by atoms with van der Waals surface area (Å²) >= 11 is 3.25. The van der Waals surface area contributed by atoms with Crippen molar-refractivity contribution in [1.82, 2.24) is 4.98 Å². The van der Waals surface area contributed by atoms with E-state index in [1.807, 2.05) is 6.07 Å². The average Bonchev–Trinajstić information content (AvgIpc) is 2.61. The van der Waals surface area contributed by atoms with E-state index in [-0.39, 0.29) is 23.5 Å². The second-order valence-electron chi connectivity index (χ2n) is 5.71. The van der Waals surface area contributed by atoms with Crippen LogP contribution in [-0.2, 0) is 0 Å². The summed E-state index contributed by atoms with van der Waals surface area (Å²) in [4.78, 5) is 37.7. The lowest BCUT2D eigenvalue weighted by Crippen LogP contribution is -2.24. The van der Waals surface area contributed by atoms with E-state index in [1.165, 1.54) is 12.1 Å². The van der Waals surface area contributed by atoms with Crippen LogP contribution in [0.2, 0.25) is 0 Å². The summed E-state index contributed by atoms with van der Waals surface area (Å²) in [7, 11) is 0. The molecule has 0 saturated heterocycles. The number of unbranched alkanes of at least 4 members (excludes halogenated alkanes) is 2. The Morgan fingerprint density at radius 3 is 2.50 bits per heavy atom. The molecule has 2 aromatic rings. The average molecular weight is 450 g/mol. The minimum atomic E-state index is -1.60. The topological polar surface area (TPSA) is 166 Å². The number of carboxylic acids is 2. The van der Waals surface area contributed by atoms with Crippen molar-refractivity contribution in [2.75, 3.05) is 12.3 Å². The number of aromatic nitrogens is 1. The Bertz CT molecular complexity index is 1030. The zero-order valence-electron chi connectivity index (χ0n) is 14.5. The number of aromatic amines is 1. The second kappa shape index (κ2) is 9.05. The largest absolute Gasteiger partial charge is 0.493 e. The minimum absolute atomic E-state index is 0.0993. The van der Waals surface area contributed by atoms with Crippen LogP contribution in [0.25, 0.3) is 11.1 Å². The Morgan fingerprint density at radius 1 is 1.21 bits per heavy atom. The third-order valence-corrected chi connectivity index (χ3v) is 4.32. The van der Waals surface area contributed by atoms with Crippen molar-refractivity contribution in [2.45, 2.75) is 19.3 Å². The molecule has 0 aliphatic rings. The van der Waals surface area contributed by atoms with E-state index < -0.39 is 34.4 Å². The molecule has 5 N–H and O–H groups in total. The Balaban J connectivity index is 2.68. The van der Waals surface area contributed by atoms with E-state index in [0.717, 1.165) is 0 Å². The van der Waals surface area contributed by atoms with Crippen molar-refractivity contribution in [3.63, 3.8) is 0 Å². The molecule has 0 atom stereocenters. The highest BCUT2D eigenvalue weighted by Gasteiger charge is 2.28. The quantitative estimate of drug-likeness (QED) is 0.446. The van der Waals surface area contributed by atoms with Gasteiger partial charge in [0, 0.05) is 22.0 Å². The van der Waals surface area contributed by atoms with Gasteiger partial charge in [0.2, 0.25) is 0 Å². The van der Waals surface area contributed by atoms with Gasteiger partial charge in [0.05, 0.1) is 12.7 Å². The molecule has 0 unspecified atom stereocenters. The van der Waals surface area contributed by atoms with Crippen molar-refractivity contribution in [3.8, 4) is 22.9 Å². The summed E-state index contributed by atoms with van der Waals surface area (Å²) in [6.07, 6.45) is 1.55. The molecular weight excluding hydrogens is 434 g/mol. The Hall–Kier alpha value is -3.32. The molecule has 1 aromatic carbocycles. The van der Waals surface area contributed by atoms with Gasteiger partial charge in [-0.25, -0.2) is 9.59 Å². The molecule has 10 heteroatoms. The van der Waals surface area contributed by atoms with Crippen LogP contribution in [0.4, 0.5) is 5.82 Å². The van der Waals surface area contributed by atoms with E-state index in [2.05, 4.69) is 20.9 Å². The zero-order chi connectivity index (χ0) is 20.8. The Labute approximate surface area is 167 Å². The number of benzene rings is 1. The highest BCUT2D eigenvalue weighted by atomic mass is 79.9. The van der Waals surface area contributed by atoms with Crippen molar-refractivity contribution >= 4 is 33.7 Å². The van der Waals surface area contributed by atoms with Gasteiger partial charge in [-0.15, -0.1) is 0 Å². The first-order valence-electron chi connectivity index (χ1n) is 8.10. The van der Waals surface area contributed by atoms with Crippen LogP contribution in [-0.4, -0.2) is 33.7 Å². The number of pyridine rings is 1. The van der Waals surface area contributed by atoms with Crippen LogP contribution in [0.15, 0.2) is 27.5 Å². The molecule has 9 nitrogen and oxygen atoms in total. The van der Waals surface area contributed by atoms with Crippen LogP contribution < -0.4 is 16.0 Å². The molecule has 1 aromatic heterocycles. The maximum atomic E-state index is 12.2. The van der Waals surface area contributed by atoms with Crippen LogP contribution in [0.1, 0.15) is 40.0 Å². The van der Waals surface area contributed by atoms with Crippen molar-refractivity contribution in [3.05, 3.63) is 44.2 Å². The lowest BCUT2D eigenvalue weighted by Gasteiger charge is -2.16. The number of nitrogen functional groups attached to an aromatic ring is 1. The standard InChI is InChI=1S/C18H16BrN3O6/c19-9-4-5-11(28-7-3-1-2-6-20)10(8-9)12-13(17(24)25)15(21)22-16(23)14(12)18(26)27/h4-5,8H,1-3,7H2,(H,24,25)(H,26,27)(H3,21,22,23). The van der Waals surface area contributed by atoms with Crippen molar-refractivity contribution in [2.24, 2.45) is 0 Å². The van der Waals surface area contributed by atoms with E-state index in [4.69, 9.17) is 15.7 Å². The molecule has 28 heavy (non-hydrogen) atoms. The first-order chi connectivity index (χ1) is 13.3. The van der Waals surface area contributed by atoms with Gasteiger partial charge in [0.15, 0.2) is 0 Å². The molecule has 0 bridgehead atoms. The number of carboxylic acid groups (broad SMARTS) is 2. The summed E-state index contributed by atoms with van der Waals surface area (Å²) < 4.78 is 6.19. The molecule has 146 valence electrons. The number of halogens is 1. The minimum Gasteiger partial charge on any atom is -0.493 e. The lowest BCUT2D eigenvalue weighted by atomic mass is 9.94. The molecule has 0 spiro atoms. The number of hydrogen-bond donors (Lipinski definition) is 4. The number of ether oxygens (including phenoxy) is 1. The molecule has 0 aliphatic heterocycles. The number of nitrogens with zero attached hydrogens (tertiary/aromatic N) is 1. The van der Waals surface area contributed by atoms with Gasteiger partial charge in [-0.05, 0) is 31.0 Å². The van der Waals surface area contributed by atoms with Gasteiger partial charge in [0.1, 0.15) is 22.7 Å². The lowest BCUT2D eigenvalue weighted by molar-refractivity contribution is 0.0695.